The highest BCUT2D eigenvalue weighted by atomic mass is 35.5. The molecule has 7 nitrogen and oxygen atoms in total. The quantitative estimate of drug-likeness (QED) is 0.682. The first-order chi connectivity index (χ1) is 14.5. The van der Waals surface area contributed by atoms with E-state index in [-0.39, 0.29) is 38.7 Å². The van der Waals surface area contributed by atoms with E-state index in [0.29, 0.717) is 11.5 Å². The lowest BCUT2D eigenvalue weighted by Crippen LogP contribution is -2.50. The van der Waals surface area contributed by atoms with Crippen LogP contribution >= 0.6 is 23.2 Å². The number of carbonyl (C=O) groups is 1. The third kappa shape index (κ3) is 4.07. The van der Waals surface area contributed by atoms with Gasteiger partial charge in [0.2, 0.25) is 5.60 Å². The van der Waals surface area contributed by atoms with E-state index in [1.165, 1.54) is 23.9 Å². The summed E-state index contributed by atoms with van der Waals surface area (Å²) in [5.41, 5.74) is -0.777. The van der Waals surface area contributed by atoms with Crippen LogP contribution in [0.5, 0.6) is 0 Å². The van der Waals surface area contributed by atoms with Crippen molar-refractivity contribution in [3.8, 4) is 0 Å². The van der Waals surface area contributed by atoms with E-state index in [1.54, 1.807) is 0 Å². The molecule has 31 heavy (non-hydrogen) atoms. The molecule has 2 N–H and O–H groups in total. The second-order valence-electron chi connectivity index (χ2n) is 7.14. The highest BCUT2D eigenvalue weighted by molar-refractivity contribution is 7.86. The minimum absolute atomic E-state index is 0.0188. The summed E-state index contributed by atoms with van der Waals surface area (Å²) in [6, 6.07) is 4.67. The van der Waals surface area contributed by atoms with Gasteiger partial charge in [-0.2, -0.15) is 18.3 Å². The number of halogens is 5. The average molecular weight is 495 g/mol. The van der Waals surface area contributed by atoms with Crippen molar-refractivity contribution >= 4 is 45.6 Å². The van der Waals surface area contributed by atoms with Gasteiger partial charge in [0.25, 0.3) is 5.91 Å². The van der Waals surface area contributed by atoms with Crippen molar-refractivity contribution in [3.63, 3.8) is 0 Å². The van der Waals surface area contributed by atoms with Crippen LogP contribution in [0, 0.1) is 0 Å². The molecule has 0 spiro atoms. The molecular weight excluding hydrogens is 480 g/mol. The molecule has 1 fully saturated rings. The van der Waals surface area contributed by atoms with Crippen molar-refractivity contribution in [2.75, 3.05) is 11.5 Å². The number of nitrogens with one attached hydrogen (secondary N) is 2. The molecule has 1 aromatic heterocycles. The Morgan fingerprint density at radius 3 is 2.52 bits per heavy atom. The van der Waals surface area contributed by atoms with Crippen LogP contribution in [0.25, 0.3) is 5.70 Å². The van der Waals surface area contributed by atoms with Crippen LogP contribution < -0.4 is 10.8 Å². The van der Waals surface area contributed by atoms with Crippen LogP contribution in [0.4, 0.5) is 13.2 Å². The highest BCUT2D eigenvalue weighted by Crippen LogP contribution is 2.48. The molecule has 0 saturated carbocycles. The summed E-state index contributed by atoms with van der Waals surface area (Å²) in [7, 11) is 0.553. The van der Waals surface area contributed by atoms with Crippen LogP contribution in [0.1, 0.15) is 21.7 Å². The lowest BCUT2D eigenvalue weighted by molar-refractivity contribution is -0.269. The van der Waals surface area contributed by atoms with Gasteiger partial charge in [-0.1, -0.05) is 23.2 Å². The maximum atomic E-state index is 14.1. The lowest BCUT2D eigenvalue weighted by atomic mass is 9.92. The SMILES string of the molecule is Cn1nc(C2=CC(c3cc(Cl)cc(Cl)c3)(C(F)(F)F)ON2)cc1C(=O)NC1CS(=O)C1. The van der Waals surface area contributed by atoms with E-state index in [2.05, 4.69) is 15.9 Å². The maximum Gasteiger partial charge on any atom is 0.428 e. The maximum absolute atomic E-state index is 14.1. The number of hydrogen-bond donors (Lipinski definition) is 2. The number of hydrogen-bond acceptors (Lipinski definition) is 5. The number of aryl methyl sites for hydroxylation is 1. The standard InChI is InChI=1S/C18H15Cl2F3N4O3S/c1-27-15(16(28)24-12-7-31(29)8-12)5-13(25-27)14-6-17(30-26-14,18(21,22)23)9-2-10(19)4-11(20)3-9/h2-6,12,26H,7-8H2,1H3,(H,24,28). The van der Waals surface area contributed by atoms with Gasteiger partial charge in [0.05, 0.1) is 11.7 Å². The molecule has 1 amide bonds. The minimum Gasteiger partial charge on any atom is -0.346 e. The van der Waals surface area contributed by atoms with Gasteiger partial charge < -0.3 is 5.32 Å². The summed E-state index contributed by atoms with van der Waals surface area (Å²) in [4.78, 5) is 17.4. The predicted molar refractivity (Wildman–Crippen MR) is 109 cm³/mol. The van der Waals surface area contributed by atoms with Crippen molar-refractivity contribution in [1.82, 2.24) is 20.6 Å². The van der Waals surface area contributed by atoms with Gasteiger partial charge >= 0.3 is 6.18 Å². The first kappa shape index (κ1) is 22.1. The lowest BCUT2D eigenvalue weighted by Gasteiger charge is -2.28. The third-order valence-electron chi connectivity index (χ3n) is 4.88. The summed E-state index contributed by atoms with van der Waals surface area (Å²) >= 11 is 11.8. The predicted octanol–water partition coefficient (Wildman–Crippen LogP) is 2.92. The Labute approximate surface area is 186 Å². The van der Waals surface area contributed by atoms with Crippen molar-refractivity contribution in [3.05, 3.63) is 57.3 Å². The Balaban J connectivity index is 1.67. The highest BCUT2D eigenvalue weighted by Gasteiger charge is 2.60. The zero-order chi connectivity index (χ0) is 22.6. The topological polar surface area (TPSA) is 85.2 Å². The molecule has 0 radical (unpaired) electrons. The molecule has 1 aromatic carbocycles. The number of alkyl halides is 3. The molecule has 2 aromatic rings. The van der Waals surface area contributed by atoms with Gasteiger partial charge in [0.15, 0.2) is 0 Å². The number of nitrogens with zero attached hydrogens (tertiary/aromatic N) is 2. The van der Waals surface area contributed by atoms with Gasteiger partial charge in [-0.05, 0) is 30.3 Å². The summed E-state index contributed by atoms with van der Waals surface area (Å²) in [6.07, 6.45) is -4.03. The van der Waals surface area contributed by atoms with Crippen LogP contribution in [-0.2, 0) is 28.3 Å². The second-order valence-corrected chi connectivity index (χ2v) is 9.55. The van der Waals surface area contributed by atoms with Crippen molar-refractivity contribution in [2.24, 2.45) is 7.05 Å². The zero-order valence-corrected chi connectivity index (χ0v) is 18.1. The van der Waals surface area contributed by atoms with Crippen molar-refractivity contribution in [1.29, 1.82) is 0 Å². The van der Waals surface area contributed by atoms with Gasteiger partial charge in [-0.25, -0.2) is 0 Å². The van der Waals surface area contributed by atoms with Gasteiger partial charge in [-0.15, -0.1) is 0 Å². The monoisotopic (exact) mass is 494 g/mol. The first-order valence-electron chi connectivity index (χ1n) is 8.89. The number of amides is 1. The molecule has 1 atom stereocenters. The van der Waals surface area contributed by atoms with Gasteiger partial charge in [0.1, 0.15) is 11.4 Å². The molecule has 1 unspecified atom stereocenters. The van der Waals surface area contributed by atoms with E-state index in [1.807, 2.05) is 0 Å². The molecule has 13 heteroatoms. The number of carbonyl (C=O) groups excluding carboxylic acids is 1. The van der Waals surface area contributed by atoms with Gasteiger partial charge in [0, 0.05) is 45.0 Å². The fourth-order valence-electron chi connectivity index (χ4n) is 3.29. The molecule has 3 heterocycles. The smallest absolute Gasteiger partial charge is 0.346 e. The number of rotatable bonds is 4. The summed E-state index contributed by atoms with van der Waals surface area (Å²) in [6.45, 7) is 0. The molecule has 2 aliphatic rings. The molecular formula is C18H15Cl2F3N4O3S. The first-order valence-corrected chi connectivity index (χ1v) is 11.1. The van der Waals surface area contributed by atoms with Crippen LogP contribution in [0.2, 0.25) is 10.0 Å². The molecule has 4 rings (SSSR count). The van der Waals surface area contributed by atoms with Crippen LogP contribution in [-0.4, -0.2) is 43.6 Å². The summed E-state index contributed by atoms with van der Waals surface area (Å²) < 4.78 is 54.7. The molecule has 1 saturated heterocycles. The van der Waals surface area contributed by atoms with E-state index < -0.39 is 28.5 Å². The fraction of sp³-hybridized carbons (Fsp3) is 0.333. The molecule has 166 valence electrons. The number of hydroxylamine groups is 1. The Bertz CT molecular complexity index is 1090. The van der Waals surface area contributed by atoms with Crippen molar-refractivity contribution in [2.45, 2.75) is 17.8 Å². The van der Waals surface area contributed by atoms with E-state index in [9.17, 15) is 22.2 Å². The normalized spacial score (nSPS) is 25.5. The molecule has 0 aliphatic carbocycles. The minimum atomic E-state index is -4.86. The Hall–Kier alpha value is -2.08. The van der Waals surface area contributed by atoms with Gasteiger partial charge in [-0.3, -0.25) is 24.0 Å². The molecule has 2 aliphatic heterocycles. The Morgan fingerprint density at radius 1 is 1.29 bits per heavy atom. The molecule has 0 bridgehead atoms. The summed E-state index contributed by atoms with van der Waals surface area (Å²) in [5.74, 6) is 0.270. The van der Waals surface area contributed by atoms with Crippen LogP contribution in [0.3, 0.4) is 0 Å². The zero-order valence-electron chi connectivity index (χ0n) is 15.8. The van der Waals surface area contributed by atoms with E-state index in [0.717, 1.165) is 18.2 Å². The van der Waals surface area contributed by atoms with Crippen LogP contribution in [0.15, 0.2) is 30.3 Å². The average Bonchev–Trinajstić information content (AvgIpc) is 3.24. The Kier molecular flexibility index (Phi) is 5.57. The largest absolute Gasteiger partial charge is 0.428 e. The number of benzene rings is 1. The van der Waals surface area contributed by atoms with Crippen molar-refractivity contribution < 1.29 is 27.0 Å². The fourth-order valence-corrected chi connectivity index (χ4v) is 4.78. The summed E-state index contributed by atoms with van der Waals surface area (Å²) in [5, 5.41) is 6.87. The third-order valence-corrected chi connectivity index (χ3v) is 6.86. The van der Waals surface area contributed by atoms with E-state index >= 15 is 0 Å². The Morgan fingerprint density at radius 2 is 1.94 bits per heavy atom. The second kappa shape index (κ2) is 7.80. The van der Waals surface area contributed by atoms with E-state index in [4.69, 9.17) is 28.0 Å². The number of aromatic nitrogens is 2.